The fraction of sp³-hybridized carbons (Fsp3) is 0.333. The van der Waals surface area contributed by atoms with E-state index in [-0.39, 0.29) is 5.91 Å². The van der Waals surface area contributed by atoms with E-state index in [9.17, 15) is 9.59 Å². The van der Waals surface area contributed by atoms with E-state index in [1.54, 1.807) is 19.1 Å². The maximum absolute atomic E-state index is 11.7. The second-order valence-electron chi connectivity index (χ2n) is 3.97. The molecule has 0 aromatic heterocycles. The molecule has 1 atom stereocenters. The highest BCUT2D eigenvalue weighted by molar-refractivity contribution is 5.97. The van der Waals surface area contributed by atoms with E-state index in [1.165, 1.54) is 0 Å². The van der Waals surface area contributed by atoms with Gasteiger partial charge in [-0.3, -0.25) is 9.59 Å². The zero-order valence-electron chi connectivity index (χ0n) is 9.70. The number of benzene rings is 1. The predicted octanol–water partition coefficient (Wildman–Crippen LogP) is 0.907. The second-order valence-corrected chi connectivity index (χ2v) is 3.97. The van der Waals surface area contributed by atoms with Crippen molar-refractivity contribution in [1.29, 1.82) is 0 Å². The molecule has 4 nitrogen and oxygen atoms in total. The molecule has 86 valence electrons. The van der Waals surface area contributed by atoms with Crippen LogP contribution in [0.2, 0.25) is 0 Å². The Morgan fingerprint density at radius 1 is 1.19 bits per heavy atom. The third kappa shape index (κ3) is 3.08. The lowest BCUT2D eigenvalue weighted by Crippen LogP contribution is -2.42. The first-order valence-corrected chi connectivity index (χ1v) is 5.08. The molecule has 0 aliphatic rings. The number of aryl methyl sites for hydroxylation is 2. The Morgan fingerprint density at radius 3 is 2.12 bits per heavy atom. The van der Waals surface area contributed by atoms with Crippen LogP contribution in [0.5, 0.6) is 0 Å². The van der Waals surface area contributed by atoms with E-state index in [0.717, 1.165) is 11.1 Å². The molecule has 2 amide bonds. The molecular formula is C12H16N2O2. The Morgan fingerprint density at radius 2 is 1.69 bits per heavy atom. The highest BCUT2D eigenvalue weighted by Gasteiger charge is 2.13. The predicted molar refractivity (Wildman–Crippen MR) is 62.0 cm³/mol. The van der Waals surface area contributed by atoms with Crippen LogP contribution >= 0.6 is 0 Å². The van der Waals surface area contributed by atoms with Crippen LogP contribution in [-0.2, 0) is 4.79 Å². The Bertz CT molecular complexity index is 407. The van der Waals surface area contributed by atoms with E-state index in [0.29, 0.717) is 5.56 Å². The minimum atomic E-state index is -0.659. The number of nitrogens with one attached hydrogen (secondary N) is 1. The number of amides is 2. The zero-order chi connectivity index (χ0) is 12.3. The maximum Gasteiger partial charge on any atom is 0.251 e. The highest BCUT2D eigenvalue weighted by atomic mass is 16.2. The molecular weight excluding hydrogens is 204 g/mol. The van der Waals surface area contributed by atoms with Crippen LogP contribution in [-0.4, -0.2) is 17.9 Å². The van der Waals surface area contributed by atoms with Gasteiger partial charge >= 0.3 is 0 Å². The van der Waals surface area contributed by atoms with Crippen molar-refractivity contribution < 1.29 is 9.59 Å². The molecule has 0 heterocycles. The van der Waals surface area contributed by atoms with Crippen LogP contribution in [0.15, 0.2) is 18.2 Å². The molecule has 0 fully saturated rings. The van der Waals surface area contributed by atoms with Gasteiger partial charge in [0, 0.05) is 5.56 Å². The molecule has 1 aromatic carbocycles. The first-order valence-electron chi connectivity index (χ1n) is 5.08. The largest absolute Gasteiger partial charge is 0.368 e. The zero-order valence-corrected chi connectivity index (χ0v) is 9.70. The molecule has 0 spiro atoms. The van der Waals surface area contributed by atoms with Crippen LogP contribution in [0.3, 0.4) is 0 Å². The van der Waals surface area contributed by atoms with Crippen LogP contribution in [0.25, 0.3) is 0 Å². The van der Waals surface area contributed by atoms with Crippen molar-refractivity contribution in [3.05, 3.63) is 34.9 Å². The van der Waals surface area contributed by atoms with Crippen LogP contribution < -0.4 is 11.1 Å². The number of hydrogen-bond donors (Lipinski definition) is 2. The number of rotatable bonds is 3. The van der Waals surface area contributed by atoms with Gasteiger partial charge in [-0.25, -0.2) is 0 Å². The topological polar surface area (TPSA) is 72.2 Å². The Hall–Kier alpha value is -1.84. The molecule has 1 rings (SSSR count). The van der Waals surface area contributed by atoms with Gasteiger partial charge in [-0.1, -0.05) is 17.2 Å². The SMILES string of the molecule is Cc1cc(C)cc(C(=O)NC(C)C(N)=O)c1. The van der Waals surface area contributed by atoms with Crippen molar-refractivity contribution in [3.8, 4) is 0 Å². The van der Waals surface area contributed by atoms with Gasteiger partial charge < -0.3 is 11.1 Å². The summed E-state index contributed by atoms with van der Waals surface area (Å²) in [5, 5.41) is 2.54. The maximum atomic E-state index is 11.7. The van der Waals surface area contributed by atoms with Crippen molar-refractivity contribution in [2.45, 2.75) is 26.8 Å². The Labute approximate surface area is 94.8 Å². The van der Waals surface area contributed by atoms with Crippen molar-refractivity contribution in [1.82, 2.24) is 5.32 Å². The van der Waals surface area contributed by atoms with Gasteiger partial charge in [-0.15, -0.1) is 0 Å². The molecule has 0 aliphatic carbocycles. The summed E-state index contributed by atoms with van der Waals surface area (Å²) in [6, 6.07) is 4.87. The van der Waals surface area contributed by atoms with Gasteiger partial charge in [-0.2, -0.15) is 0 Å². The lowest BCUT2D eigenvalue weighted by atomic mass is 10.1. The molecule has 0 saturated carbocycles. The summed E-state index contributed by atoms with van der Waals surface area (Å²) >= 11 is 0. The van der Waals surface area contributed by atoms with E-state index in [2.05, 4.69) is 5.32 Å². The van der Waals surface area contributed by atoms with E-state index >= 15 is 0 Å². The minimum Gasteiger partial charge on any atom is -0.368 e. The quantitative estimate of drug-likeness (QED) is 0.794. The smallest absolute Gasteiger partial charge is 0.251 e. The van der Waals surface area contributed by atoms with Gasteiger partial charge in [0.15, 0.2) is 0 Å². The van der Waals surface area contributed by atoms with Crippen molar-refractivity contribution in [2.24, 2.45) is 5.73 Å². The van der Waals surface area contributed by atoms with Gasteiger partial charge in [-0.05, 0) is 32.9 Å². The summed E-state index contributed by atoms with van der Waals surface area (Å²) in [6.07, 6.45) is 0. The third-order valence-electron chi connectivity index (χ3n) is 2.26. The fourth-order valence-electron chi connectivity index (χ4n) is 1.46. The van der Waals surface area contributed by atoms with E-state index in [4.69, 9.17) is 5.73 Å². The number of carbonyl (C=O) groups excluding carboxylic acids is 2. The normalized spacial score (nSPS) is 11.9. The first-order chi connectivity index (χ1) is 7.40. The molecule has 3 N–H and O–H groups in total. The number of carbonyl (C=O) groups is 2. The minimum absolute atomic E-state index is 0.280. The summed E-state index contributed by atoms with van der Waals surface area (Å²) in [7, 11) is 0. The summed E-state index contributed by atoms with van der Waals surface area (Å²) in [5.41, 5.74) is 7.64. The lowest BCUT2D eigenvalue weighted by Gasteiger charge is -2.11. The summed E-state index contributed by atoms with van der Waals surface area (Å²) in [5.74, 6) is -0.823. The summed E-state index contributed by atoms with van der Waals surface area (Å²) < 4.78 is 0. The van der Waals surface area contributed by atoms with Crippen LogP contribution in [0.1, 0.15) is 28.4 Å². The lowest BCUT2D eigenvalue weighted by molar-refractivity contribution is -0.119. The van der Waals surface area contributed by atoms with E-state index in [1.807, 2.05) is 19.9 Å². The molecule has 4 heteroatoms. The fourth-order valence-corrected chi connectivity index (χ4v) is 1.46. The van der Waals surface area contributed by atoms with Crippen molar-refractivity contribution in [3.63, 3.8) is 0 Å². The van der Waals surface area contributed by atoms with Crippen LogP contribution in [0, 0.1) is 13.8 Å². The molecule has 0 aliphatic heterocycles. The van der Waals surface area contributed by atoms with Gasteiger partial charge in [0.2, 0.25) is 5.91 Å². The molecule has 0 bridgehead atoms. The first kappa shape index (κ1) is 12.2. The van der Waals surface area contributed by atoms with Crippen molar-refractivity contribution >= 4 is 11.8 Å². The Balaban J connectivity index is 2.84. The average Bonchev–Trinajstić information content (AvgIpc) is 2.15. The Kier molecular flexibility index (Phi) is 3.66. The molecule has 1 unspecified atom stereocenters. The standard InChI is InChI=1S/C12H16N2O2/c1-7-4-8(2)6-10(5-7)12(16)14-9(3)11(13)15/h4-6,9H,1-3H3,(H2,13,15)(H,14,16). The summed E-state index contributed by atoms with van der Waals surface area (Å²) in [4.78, 5) is 22.6. The number of primary amides is 1. The van der Waals surface area contributed by atoms with Crippen LogP contribution in [0.4, 0.5) is 0 Å². The third-order valence-corrected chi connectivity index (χ3v) is 2.26. The molecule has 0 radical (unpaired) electrons. The van der Waals surface area contributed by atoms with Gasteiger partial charge in [0.25, 0.3) is 5.91 Å². The van der Waals surface area contributed by atoms with E-state index < -0.39 is 11.9 Å². The number of nitrogens with two attached hydrogens (primary N) is 1. The van der Waals surface area contributed by atoms with Gasteiger partial charge in [0.1, 0.15) is 6.04 Å². The highest BCUT2D eigenvalue weighted by Crippen LogP contribution is 2.08. The second kappa shape index (κ2) is 4.79. The number of hydrogen-bond acceptors (Lipinski definition) is 2. The van der Waals surface area contributed by atoms with Gasteiger partial charge in [0.05, 0.1) is 0 Å². The molecule has 1 aromatic rings. The summed E-state index contributed by atoms with van der Waals surface area (Å²) in [6.45, 7) is 5.39. The monoisotopic (exact) mass is 220 g/mol. The molecule has 0 saturated heterocycles. The van der Waals surface area contributed by atoms with Crippen molar-refractivity contribution in [2.75, 3.05) is 0 Å². The average molecular weight is 220 g/mol. The molecule has 16 heavy (non-hydrogen) atoms.